The first kappa shape index (κ1) is 14.4. The van der Waals surface area contributed by atoms with E-state index in [9.17, 15) is 0 Å². The van der Waals surface area contributed by atoms with Gasteiger partial charge in [-0.1, -0.05) is 23.7 Å². The van der Waals surface area contributed by atoms with E-state index in [4.69, 9.17) is 22.6 Å². The molecule has 4 heteroatoms. The third-order valence-electron chi connectivity index (χ3n) is 2.42. The van der Waals surface area contributed by atoms with Crippen molar-refractivity contribution in [2.45, 2.75) is 31.1 Å². The van der Waals surface area contributed by atoms with E-state index in [0.29, 0.717) is 0 Å². The molecule has 0 aliphatic rings. The Balaban J connectivity index is 2.17. The van der Waals surface area contributed by atoms with E-state index < -0.39 is 5.54 Å². The molecule has 1 aromatic carbocycles. The maximum Gasteiger partial charge on any atom is 0.101 e. The fourth-order valence-corrected chi connectivity index (χ4v) is 2.41. The number of benzene rings is 1. The number of nitriles is 1. The maximum atomic E-state index is 8.76. The van der Waals surface area contributed by atoms with E-state index in [-0.39, 0.29) is 0 Å². The van der Waals surface area contributed by atoms with E-state index in [1.165, 1.54) is 5.56 Å². The van der Waals surface area contributed by atoms with Gasteiger partial charge >= 0.3 is 0 Å². The molecule has 0 saturated heterocycles. The molecule has 1 aromatic rings. The number of hydrogen-bond acceptors (Lipinski definition) is 3. The molecule has 0 aliphatic heterocycles. The minimum Gasteiger partial charge on any atom is -0.314 e. The molecule has 92 valence electrons. The molecule has 1 rings (SSSR count). The van der Waals surface area contributed by atoms with Gasteiger partial charge in [-0.3, -0.25) is 0 Å². The average molecular weight is 269 g/mol. The molecule has 1 unspecified atom stereocenters. The maximum absolute atomic E-state index is 8.76. The zero-order chi connectivity index (χ0) is 12.7. The number of hydrogen-bond donors (Lipinski definition) is 1. The summed E-state index contributed by atoms with van der Waals surface area (Å²) < 4.78 is 0. The zero-order valence-corrected chi connectivity index (χ0v) is 11.5. The van der Waals surface area contributed by atoms with Crippen LogP contribution < -0.4 is 5.73 Å². The van der Waals surface area contributed by atoms with Crippen LogP contribution in [0.15, 0.2) is 24.3 Å². The van der Waals surface area contributed by atoms with Crippen molar-refractivity contribution in [2.75, 3.05) is 5.75 Å². The van der Waals surface area contributed by atoms with E-state index in [0.717, 1.165) is 29.4 Å². The van der Waals surface area contributed by atoms with Crippen molar-refractivity contribution in [3.05, 3.63) is 34.9 Å². The van der Waals surface area contributed by atoms with Crippen LogP contribution in [0.25, 0.3) is 0 Å². The Labute approximate surface area is 112 Å². The van der Waals surface area contributed by atoms with Crippen molar-refractivity contribution in [3.63, 3.8) is 0 Å². The van der Waals surface area contributed by atoms with Crippen LogP contribution in [0.2, 0.25) is 5.02 Å². The van der Waals surface area contributed by atoms with Gasteiger partial charge in [0.2, 0.25) is 0 Å². The third kappa shape index (κ3) is 5.97. The van der Waals surface area contributed by atoms with Crippen LogP contribution >= 0.6 is 23.4 Å². The monoisotopic (exact) mass is 268 g/mol. The first-order valence-electron chi connectivity index (χ1n) is 5.56. The summed E-state index contributed by atoms with van der Waals surface area (Å²) >= 11 is 7.67. The summed E-state index contributed by atoms with van der Waals surface area (Å²) in [4.78, 5) is 0. The van der Waals surface area contributed by atoms with Crippen molar-refractivity contribution < 1.29 is 0 Å². The molecular weight excluding hydrogens is 252 g/mol. The van der Waals surface area contributed by atoms with E-state index in [2.05, 4.69) is 6.07 Å². The summed E-state index contributed by atoms with van der Waals surface area (Å²) in [6, 6.07) is 10.0. The van der Waals surface area contributed by atoms with Gasteiger partial charge in [0.05, 0.1) is 6.07 Å². The predicted octanol–water partition coefficient (Wildman–Crippen LogP) is 3.59. The lowest BCUT2D eigenvalue weighted by molar-refractivity contribution is 0.540. The van der Waals surface area contributed by atoms with E-state index in [1.54, 1.807) is 6.92 Å². The summed E-state index contributed by atoms with van der Waals surface area (Å²) in [6.45, 7) is 1.77. The molecule has 17 heavy (non-hydrogen) atoms. The highest BCUT2D eigenvalue weighted by Crippen LogP contribution is 2.18. The highest BCUT2D eigenvalue weighted by atomic mass is 35.5. The molecule has 0 aromatic heterocycles. The largest absolute Gasteiger partial charge is 0.314 e. The average Bonchev–Trinajstić information content (AvgIpc) is 2.31. The van der Waals surface area contributed by atoms with Crippen molar-refractivity contribution in [1.29, 1.82) is 5.26 Å². The molecule has 0 radical (unpaired) electrons. The van der Waals surface area contributed by atoms with Gasteiger partial charge in [0, 0.05) is 10.8 Å². The first-order valence-corrected chi connectivity index (χ1v) is 7.09. The van der Waals surface area contributed by atoms with Gasteiger partial charge in [0.1, 0.15) is 5.54 Å². The molecule has 0 aliphatic carbocycles. The van der Waals surface area contributed by atoms with Crippen molar-refractivity contribution in [1.82, 2.24) is 0 Å². The second-order valence-electron chi connectivity index (χ2n) is 4.31. The lowest BCUT2D eigenvalue weighted by Gasteiger charge is -2.14. The zero-order valence-electron chi connectivity index (χ0n) is 9.95. The number of rotatable bonds is 6. The minimum absolute atomic E-state index is 0.680. The summed E-state index contributed by atoms with van der Waals surface area (Å²) in [5.74, 6) is 2.00. The Bertz CT molecular complexity index is 381. The number of nitrogens with zero attached hydrogens (tertiary/aromatic N) is 1. The van der Waals surface area contributed by atoms with Crippen LogP contribution in [0, 0.1) is 11.3 Å². The van der Waals surface area contributed by atoms with Crippen LogP contribution in [0.3, 0.4) is 0 Å². The smallest absolute Gasteiger partial charge is 0.101 e. The molecule has 1 atom stereocenters. The molecule has 0 fully saturated rings. The van der Waals surface area contributed by atoms with Crippen LogP contribution in [0.1, 0.15) is 25.3 Å². The van der Waals surface area contributed by atoms with Crippen molar-refractivity contribution in [2.24, 2.45) is 5.73 Å². The van der Waals surface area contributed by atoms with Gasteiger partial charge in [-0.05, 0) is 43.2 Å². The summed E-state index contributed by atoms with van der Waals surface area (Å²) in [5, 5.41) is 9.53. The van der Waals surface area contributed by atoms with Crippen molar-refractivity contribution in [3.8, 4) is 6.07 Å². The molecule has 0 heterocycles. The van der Waals surface area contributed by atoms with Gasteiger partial charge in [0.25, 0.3) is 0 Å². The van der Waals surface area contributed by atoms with Gasteiger partial charge in [0.15, 0.2) is 0 Å². The van der Waals surface area contributed by atoms with Gasteiger partial charge in [-0.2, -0.15) is 17.0 Å². The summed E-state index contributed by atoms with van der Waals surface area (Å²) in [7, 11) is 0. The highest BCUT2D eigenvalue weighted by Gasteiger charge is 2.15. The molecule has 0 spiro atoms. The van der Waals surface area contributed by atoms with Gasteiger partial charge in [-0.15, -0.1) is 0 Å². The van der Waals surface area contributed by atoms with Crippen LogP contribution in [-0.4, -0.2) is 11.3 Å². The Morgan fingerprint density at radius 3 is 2.65 bits per heavy atom. The summed E-state index contributed by atoms with van der Waals surface area (Å²) in [6.07, 6.45) is 1.72. The normalized spacial score (nSPS) is 14.0. The van der Waals surface area contributed by atoms with Crippen molar-refractivity contribution >= 4 is 23.4 Å². The van der Waals surface area contributed by atoms with E-state index in [1.807, 2.05) is 36.0 Å². The van der Waals surface area contributed by atoms with Gasteiger partial charge < -0.3 is 5.73 Å². The molecule has 2 nitrogen and oxygen atoms in total. The molecule has 0 saturated carbocycles. The molecule has 2 N–H and O–H groups in total. The van der Waals surface area contributed by atoms with Gasteiger partial charge in [-0.25, -0.2) is 0 Å². The standard InChI is InChI=1S/C13H17ClN2S/c1-13(16,10-15)7-2-8-17-9-11-3-5-12(14)6-4-11/h3-6H,2,7-9,16H2,1H3. The Morgan fingerprint density at radius 1 is 1.41 bits per heavy atom. The number of halogens is 1. The minimum atomic E-state index is -0.680. The Kier molecular flexibility index (Phi) is 5.84. The lowest BCUT2D eigenvalue weighted by Crippen LogP contribution is -2.33. The van der Waals surface area contributed by atoms with Crippen LogP contribution in [-0.2, 0) is 5.75 Å². The summed E-state index contributed by atoms with van der Waals surface area (Å²) in [5.41, 5.74) is 6.33. The second-order valence-corrected chi connectivity index (χ2v) is 5.85. The Morgan fingerprint density at radius 2 is 2.06 bits per heavy atom. The molecular formula is C13H17ClN2S. The number of nitrogens with two attached hydrogens (primary N) is 1. The fraction of sp³-hybridized carbons (Fsp3) is 0.462. The Hall–Kier alpha value is -0.690. The topological polar surface area (TPSA) is 49.8 Å². The lowest BCUT2D eigenvalue weighted by atomic mass is 10.0. The number of thioether (sulfide) groups is 1. The first-order chi connectivity index (χ1) is 8.03. The molecule has 0 bridgehead atoms. The van der Waals surface area contributed by atoms with Crippen LogP contribution in [0.4, 0.5) is 0 Å². The SMILES string of the molecule is CC(N)(C#N)CCCSCc1ccc(Cl)cc1. The highest BCUT2D eigenvalue weighted by molar-refractivity contribution is 7.98. The quantitative estimate of drug-likeness (QED) is 0.802. The molecule has 0 amide bonds. The van der Waals surface area contributed by atoms with Crippen LogP contribution in [0.5, 0.6) is 0 Å². The third-order valence-corrected chi connectivity index (χ3v) is 3.79. The fourth-order valence-electron chi connectivity index (χ4n) is 1.37. The predicted molar refractivity (Wildman–Crippen MR) is 75.1 cm³/mol. The second kappa shape index (κ2) is 6.90. The van der Waals surface area contributed by atoms with E-state index >= 15 is 0 Å².